The molecule has 0 radical (unpaired) electrons. The van der Waals surface area contributed by atoms with Gasteiger partial charge < -0.3 is 9.47 Å². The van der Waals surface area contributed by atoms with Gasteiger partial charge in [0.05, 0.1) is 16.6 Å². The molecule has 0 bridgehead atoms. The van der Waals surface area contributed by atoms with Gasteiger partial charge in [0, 0.05) is 5.33 Å². The Morgan fingerprint density at radius 3 is 2.35 bits per heavy atom. The fraction of sp³-hybridized carbons (Fsp3) is 0.200. The maximum Gasteiger partial charge on any atom is 0.138 e. The molecule has 0 aliphatic carbocycles. The lowest BCUT2D eigenvalue weighted by Gasteiger charge is -2.10. The monoisotopic (exact) mass is 418 g/mol. The summed E-state index contributed by atoms with van der Waals surface area (Å²) in [4.78, 5) is 0. The van der Waals surface area contributed by atoms with Crippen LogP contribution in [0.25, 0.3) is 0 Å². The first kappa shape index (κ1) is 15.7. The van der Waals surface area contributed by atoms with Crippen LogP contribution in [-0.2, 0) is 11.9 Å². The molecule has 2 rings (SSSR count). The van der Waals surface area contributed by atoms with E-state index in [2.05, 4.69) is 31.9 Å². The number of methoxy groups -OCH3 is 1. The maximum atomic E-state index is 6.18. The third-order valence-electron chi connectivity index (χ3n) is 2.76. The molecule has 0 heterocycles. The summed E-state index contributed by atoms with van der Waals surface area (Å²) in [5.74, 6) is 1.48. The van der Waals surface area contributed by atoms with Gasteiger partial charge in [-0.3, -0.25) is 0 Å². The molecule has 0 aliphatic heterocycles. The Morgan fingerprint density at radius 1 is 1.05 bits per heavy atom. The predicted octanol–water partition coefficient (Wildman–Crippen LogP) is 5.59. The Labute approximate surface area is 140 Å². The Hall–Kier alpha value is -0.710. The highest BCUT2D eigenvalue weighted by Gasteiger charge is 2.05. The Bertz CT molecular complexity index is 602. The Morgan fingerprint density at radius 2 is 1.75 bits per heavy atom. The largest absolute Gasteiger partial charge is 0.496 e. The van der Waals surface area contributed by atoms with Crippen molar-refractivity contribution in [1.29, 1.82) is 0 Å². The second-order valence-electron chi connectivity index (χ2n) is 4.16. The van der Waals surface area contributed by atoms with Crippen molar-refractivity contribution in [1.82, 2.24) is 0 Å². The third kappa shape index (κ3) is 3.90. The molecule has 2 nitrogen and oxygen atoms in total. The predicted molar refractivity (Wildman–Crippen MR) is 89.1 cm³/mol. The second kappa shape index (κ2) is 7.34. The molecule has 0 unspecified atom stereocenters. The van der Waals surface area contributed by atoms with Crippen molar-refractivity contribution in [2.24, 2.45) is 0 Å². The van der Waals surface area contributed by atoms with Gasteiger partial charge in [0.1, 0.15) is 18.1 Å². The van der Waals surface area contributed by atoms with E-state index in [-0.39, 0.29) is 0 Å². The molecule has 20 heavy (non-hydrogen) atoms. The van der Waals surface area contributed by atoms with E-state index in [1.54, 1.807) is 7.11 Å². The molecule has 0 aromatic heterocycles. The average molecular weight is 421 g/mol. The van der Waals surface area contributed by atoms with Crippen LogP contribution in [0.3, 0.4) is 0 Å². The standard InChI is InChI=1S/C15H13Br2ClO2/c1-19-14-4-3-11(6-12(14)17)9-20-15-5-2-10(8-16)7-13(15)18/h2-7H,8-9H2,1H3. The van der Waals surface area contributed by atoms with Gasteiger partial charge in [-0.05, 0) is 51.3 Å². The summed E-state index contributed by atoms with van der Waals surface area (Å²) in [6.45, 7) is 0.454. The average Bonchev–Trinajstić information content (AvgIpc) is 2.46. The number of hydrogen-bond acceptors (Lipinski definition) is 2. The number of benzene rings is 2. The molecular formula is C15H13Br2ClO2. The van der Waals surface area contributed by atoms with E-state index in [1.165, 1.54) is 0 Å². The number of ether oxygens (including phenoxy) is 2. The zero-order chi connectivity index (χ0) is 14.5. The summed E-state index contributed by atoms with van der Waals surface area (Å²) in [7, 11) is 1.64. The second-order valence-corrected chi connectivity index (χ2v) is 5.98. The molecule has 2 aromatic carbocycles. The van der Waals surface area contributed by atoms with Crippen LogP contribution in [0.1, 0.15) is 11.1 Å². The summed E-state index contributed by atoms with van der Waals surface area (Å²) >= 11 is 13.0. The number of halogens is 3. The van der Waals surface area contributed by atoms with Crippen LogP contribution >= 0.6 is 43.5 Å². The first-order chi connectivity index (χ1) is 9.63. The van der Waals surface area contributed by atoms with Gasteiger partial charge in [-0.1, -0.05) is 39.7 Å². The van der Waals surface area contributed by atoms with Gasteiger partial charge in [0.25, 0.3) is 0 Å². The van der Waals surface area contributed by atoms with Crippen molar-refractivity contribution in [3.05, 3.63) is 57.0 Å². The molecule has 2 aromatic rings. The van der Waals surface area contributed by atoms with Crippen molar-refractivity contribution in [2.75, 3.05) is 7.11 Å². The molecule has 0 N–H and O–H groups in total. The first-order valence-corrected chi connectivity index (χ1v) is 8.23. The Kier molecular flexibility index (Phi) is 5.75. The number of rotatable bonds is 5. The van der Waals surface area contributed by atoms with E-state index in [0.717, 1.165) is 26.7 Å². The summed E-state index contributed by atoms with van der Waals surface area (Å²) in [5.41, 5.74) is 2.16. The van der Waals surface area contributed by atoms with Crippen molar-refractivity contribution < 1.29 is 9.47 Å². The van der Waals surface area contributed by atoms with Gasteiger partial charge >= 0.3 is 0 Å². The highest BCUT2D eigenvalue weighted by molar-refractivity contribution is 9.10. The fourth-order valence-electron chi connectivity index (χ4n) is 1.71. The molecule has 0 fully saturated rings. The van der Waals surface area contributed by atoms with Crippen LogP contribution in [0.5, 0.6) is 11.5 Å². The van der Waals surface area contributed by atoms with Crippen molar-refractivity contribution >= 4 is 43.5 Å². The van der Waals surface area contributed by atoms with Crippen LogP contribution in [0, 0.1) is 0 Å². The maximum absolute atomic E-state index is 6.18. The summed E-state index contributed by atoms with van der Waals surface area (Å²) in [6, 6.07) is 11.6. The zero-order valence-corrected chi connectivity index (χ0v) is 14.8. The van der Waals surface area contributed by atoms with Crippen molar-refractivity contribution in [3.8, 4) is 11.5 Å². The molecule has 0 spiro atoms. The van der Waals surface area contributed by atoms with Gasteiger partial charge in [-0.25, -0.2) is 0 Å². The summed E-state index contributed by atoms with van der Waals surface area (Å²) in [5, 5.41) is 1.40. The van der Waals surface area contributed by atoms with Gasteiger partial charge in [0.15, 0.2) is 0 Å². The van der Waals surface area contributed by atoms with Crippen LogP contribution < -0.4 is 9.47 Å². The topological polar surface area (TPSA) is 18.5 Å². The van der Waals surface area contributed by atoms with Crippen LogP contribution in [0.15, 0.2) is 40.9 Å². The lowest BCUT2D eigenvalue weighted by molar-refractivity contribution is 0.306. The SMILES string of the molecule is COc1ccc(COc2ccc(CBr)cc2Cl)cc1Br. The van der Waals surface area contributed by atoms with Gasteiger partial charge in [0.2, 0.25) is 0 Å². The lowest BCUT2D eigenvalue weighted by Crippen LogP contribution is -1.97. The molecule has 5 heteroatoms. The van der Waals surface area contributed by atoms with Crippen molar-refractivity contribution in [2.45, 2.75) is 11.9 Å². The van der Waals surface area contributed by atoms with Crippen LogP contribution in [0.4, 0.5) is 0 Å². The van der Waals surface area contributed by atoms with E-state index in [9.17, 15) is 0 Å². The van der Waals surface area contributed by atoms with E-state index >= 15 is 0 Å². The molecule has 0 aliphatic rings. The third-order valence-corrected chi connectivity index (χ3v) is 4.32. The minimum Gasteiger partial charge on any atom is -0.496 e. The van der Waals surface area contributed by atoms with Gasteiger partial charge in [-0.15, -0.1) is 0 Å². The van der Waals surface area contributed by atoms with Crippen molar-refractivity contribution in [3.63, 3.8) is 0 Å². The molecule has 0 amide bonds. The smallest absolute Gasteiger partial charge is 0.138 e. The molecular weight excluding hydrogens is 407 g/mol. The number of alkyl halides is 1. The van der Waals surface area contributed by atoms with E-state index < -0.39 is 0 Å². The fourth-order valence-corrected chi connectivity index (χ4v) is 2.90. The first-order valence-electron chi connectivity index (χ1n) is 5.93. The van der Waals surface area contributed by atoms with E-state index in [4.69, 9.17) is 21.1 Å². The highest BCUT2D eigenvalue weighted by Crippen LogP contribution is 2.29. The number of hydrogen-bond donors (Lipinski definition) is 0. The summed E-state index contributed by atoms with van der Waals surface area (Å²) in [6.07, 6.45) is 0. The summed E-state index contributed by atoms with van der Waals surface area (Å²) < 4.78 is 11.8. The lowest BCUT2D eigenvalue weighted by atomic mass is 10.2. The molecule has 0 saturated carbocycles. The zero-order valence-electron chi connectivity index (χ0n) is 10.8. The quantitative estimate of drug-likeness (QED) is 0.588. The van der Waals surface area contributed by atoms with Crippen LogP contribution in [0.2, 0.25) is 5.02 Å². The van der Waals surface area contributed by atoms with Gasteiger partial charge in [-0.2, -0.15) is 0 Å². The highest BCUT2D eigenvalue weighted by atomic mass is 79.9. The molecule has 106 valence electrons. The minimum atomic E-state index is 0.454. The molecule has 0 atom stereocenters. The Balaban J connectivity index is 2.07. The molecule has 0 saturated heterocycles. The van der Waals surface area contributed by atoms with E-state index in [1.807, 2.05) is 36.4 Å². The minimum absolute atomic E-state index is 0.454. The van der Waals surface area contributed by atoms with Crippen LogP contribution in [-0.4, -0.2) is 7.11 Å². The normalized spacial score (nSPS) is 10.4. The van der Waals surface area contributed by atoms with E-state index in [0.29, 0.717) is 17.4 Å².